The first-order chi connectivity index (χ1) is 9.52. The molecule has 2 unspecified atom stereocenters. The van der Waals surface area contributed by atoms with Gasteiger partial charge >= 0.3 is 0 Å². The lowest BCUT2D eigenvalue weighted by Gasteiger charge is -2.14. The van der Waals surface area contributed by atoms with E-state index < -0.39 is 0 Å². The van der Waals surface area contributed by atoms with E-state index >= 15 is 0 Å². The highest BCUT2D eigenvalue weighted by molar-refractivity contribution is 9.09. The molecule has 0 aliphatic rings. The third kappa shape index (κ3) is 3.42. The molecule has 0 saturated heterocycles. The Bertz CT molecular complexity index is 580. The van der Waals surface area contributed by atoms with E-state index in [-0.39, 0.29) is 10.6 Å². The summed E-state index contributed by atoms with van der Waals surface area (Å²) in [4.78, 5) is -0.161. The van der Waals surface area contributed by atoms with Gasteiger partial charge in [0, 0.05) is 10.6 Å². The van der Waals surface area contributed by atoms with Crippen LogP contribution in [-0.4, -0.2) is 0 Å². The third-order valence-electron chi connectivity index (χ3n) is 3.65. The van der Waals surface area contributed by atoms with Crippen LogP contribution >= 0.6 is 27.5 Å². The summed E-state index contributed by atoms with van der Waals surface area (Å²) in [7, 11) is 0. The van der Waals surface area contributed by atoms with Crippen LogP contribution in [0.1, 0.15) is 47.7 Å². The van der Waals surface area contributed by atoms with Crippen LogP contribution in [0.4, 0.5) is 4.39 Å². The third-order valence-corrected chi connectivity index (χ3v) is 4.90. The number of alkyl halides is 1. The molecule has 0 nitrogen and oxygen atoms in total. The lowest BCUT2D eigenvalue weighted by Crippen LogP contribution is -1.98. The summed E-state index contributed by atoms with van der Waals surface area (Å²) in [5.41, 5.74) is 2.96. The van der Waals surface area contributed by atoms with Crippen molar-refractivity contribution < 1.29 is 4.39 Å². The zero-order valence-corrected chi connectivity index (χ0v) is 13.9. The van der Waals surface area contributed by atoms with Gasteiger partial charge in [-0.05, 0) is 35.6 Å². The van der Waals surface area contributed by atoms with Gasteiger partial charge in [-0.2, -0.15) is 0 Å². The van der Waals surface area contributed by atoms with Crippen LogP contribution in [-0.2, 0) is 0 Å². The molecule has 2 aromatic rings. The SMILES string of the molecule is CCC(C)c1ccc(C(Br)c2ccc(Cl)cc2F)cc1. The van der Waals surface area contributed by atoms with Crippen molar-refractivity contribution in [2.45, 2.75) is 31.0 Å². The van der Waals surface area contributed by atoms with Crippen LogP contribution in [0.25, 0.3) is 0 Å². The molecular formula is C17H17BrClF. The van der Waals surface area contributed by atoms with Gasteiger partial charge in [0.2, 0.25) is 0 Å². The van der Waals surface area contributed by atoms with Gasteiger partial charge in [-0.1, -0.05) is 71.7 Å². The van der Waals surface area contributed by atoms with Crippen LogP contribution in [0.3, 0.4) is 0 Å². The largest absolute Gasteiger partial charge is 0.207 e. The van der Waals surface area contributed by atoms with Gasteiger partial charge < -0.3 is 0 Å². The molecule has 0 spiro atoms. The first-order valence-electron chi connectivity index (χ1n) is 6.71. The van der Waals surface area contributed by atoms with Gasteiger partial charge in [-0.3, -0.25) is 0 Å². The average molecular weight is 356 g/mol. The van der Waals surface area contributed by atoms with Crippen molar-refractivity contribution in [3.8, 4) is 0 Å². The predicted octanol–water partition coefficient (Wildman–Crippen LogP) is 6.48. The Labute approximate surface area is 133 Å². The molecule has 2 atom stereocenters. The van der Waals surface area contributed by atoms with Gasteiger partial charge in [0.15, 0.2) is 0 Å². The molecule has 0 aliphatic carbocycles. The highest BCUT2D eigenvalue weighted by Crippen LogP contribution is 2.34. The monoisotopic (exact) mass is 354 g/mol. The molecule has 2 rings (SSSR count). The van der Waals surface area contributed by atoms with E-state index in [1.54, 1.807) is 12.1 Å². The predicted molar refractivity (Wildman–Crippen MR) is 87.3 cm³/mol. The Kier molecular flexibility index (Phi) is 5.22. The van der Waals surface area contributed by atoms with E-state index in [1.807, 2.05) is 0 Å². The van der Waals surface area contributed by atoms with Crippen molar-refractivity contribution in [1.82, 2.24) is 0 Å². The minimum Gasteiger partial charge on any atom is -0.207 e. The van der Waals surface area contributed by atoms with Crippen molar-refractivity contribution in [1.29, 1.82) is 0 Å². The molecular weight excluding hydrogens is 339 g/mol. The molecule has 0 saturated carbocycles. The van der Waals surface area contributed by atoms with Crippen molar-refractivity contribution in [2.24, 2.45) is 0 Å². The Morgan fingerprint density at radius 2 is 1.70 bits per heavy atom. The summed E-state index contributed by atoms with van der Waals surface area (Å²) in [6, 6.07) is 13.1. The molecule has 0 radical (unpaired) electrons. The zero-order valence-electron chi connectivity index (χ0n) is 11.5. The normalized spacial score (nSPS) is 14.1. The van der Waals surface area contributed by atoms with E-state index in [0.717, 1.165) is 12.0 Å². The quantitative estimate of drug-likeness (QED) is 0.551. The summed E-state index contributed by atoms with van der Waals surface area (Å²) in [5.74, 6) is 0.260. The molecule has 0 fully saturated rings. The number of hydrogen-bond donors (Lipinski definition) is 0. The first kappa shape index (κ1) is 15.5. The molecule has 3 heteroatoms. The summed E-state index contributed by atoms with van der Waals surface area (Å²) in [6.45, 7) is 4.38. The van der Waals surface area contributed by atoms with Gasteiger partial charge in [0.05, 0.1) is 4.83 Å². The fraction of sp³-hybridized carbons (Fsp3) is 0.294. The van der Waals surface area contributed by atoms with Crippen LogP contribution in [0.2, 0.25) is 5.02 Å². The van der Waals surface area contributed by atoms with Gasteiger partial charge in [-0.15, -0.1) is 0 Å². The Hall–Kier alpha value is -0.860. The Balaban J connectivity index is 2.26. The van der Waals surface area contributed by atoms with E-state index in [1.165, 1.54) is 11.6 Å². The Morgan fingerprint density at radius 3 is 2.25 bits per heavy atom. The Morgan fingerprint density at radius 1 is 1.10 bits per heavy atom. The first-order valence-corrected chi connectivity index (χ1v) is 8.01. The van der Waals surface area contributed by atoms with E-state index in [2.05, 4.69) is 54.0 Å². The van der Waals surface area contributed by atoms with E-state index in [9.17, 15) is 4.39 Å². The average Bonchev–Trinajstić information content (AvgIpc) is 2.46. The molecule has 0 aliphatic heterocycles. The topological polar surface area (TPSA) is 0 Å². The summed E-state index contributed by atoms with van der Waals surface area (Å²) < 4.78 is 13.9. The van der Waals surface area contributed by atoms with Crippen LogP contribution < -0.4 is 0 Å². The van der Waals surface area contributed by atoms with Crippen molar-refractivity contribution in [3.05, 3.63) is 70.0 Å². The second-order valence-electron chi connectivity index (χ2n) is 5.00. The smallest absolute Gasteiger partial charge is 0.129 e. The highest BCUT2D eigenvalue weighted by atomic mass is 79.9. The molecule has 0 amide bonds. The van der Waals surface area contributed by atoms with Crippen molar-refractivity contribution in [2.75, 3.05) is 0 Å². The molecule has 0 N–H and O–H groups in total. The lowest BCUT2D eigenvalue weighted by atomic mass is 9.96. The maximum Gasteiger partial charge on any atom is 0.129 e. The van der Waals surface area contributed by atoms with Crippen molar-refractivity contribution >= 4 is 27.5 Å². The van der Waals surface area contributed by atoms with Gasteiger partial charge in [0.1, 0.15) is 5.82 Å². The second kappa shape index (κ2) is 6.73. The zero-order chi connectivity index (χ0) is 14.7. The highest BCUT2D eigenvalue weighted by Gasteiger charge is 2.15. The fourth-order valence-electron chi connectivity index (χ4n) is 2.12. The summed E-state index contributed by atoms with van der Waals surface area (Å²) >= 11 is 9.35. The maximum atomic E-state index is 13.9. The van der Waals surface area contributed by atoms with E-state index in [0.29, 0.717) is 16.5 Å². The second-order valence-corrected chi connectivity index (χ2v) is 6.36. The number of rotatable bonds is 4. The molecule has 0 aromatic heterocycles. The van der Waals surface area contributed by atoms with E-state index in [4.69, 9.17) is 11.6 Å². The summed E-state index contributed by atoms with van der Waals surface area (Å²) in [5, 5.41) is 0.415. The fourth-order valence-corrected chi connectivity index (χ4v) is 2.95. The van der Waals surface area contributed by atoms with Gasteiger partial charge in [-0.25, -0.2) is 4.39 Å². The minimum absolute atomic E-state index is 0.161. The molecule has 20 heavy (non-hydrogen) atoms. The number of hydrogen-bond acceptors (Lipinski definition) is 0. The van der Waals surface area contributed by atoms with Crippen LogP contribution in [0.5, 0.6) is 0 Å². The standard InChI is InChI=1S/C17H17BrClF/c1-3-11(2)12-4-6-13(7-5-12)17(18)15-9-8-14(19)10-16(15)20/h4-11,17H,3H2,1-2H3. The lowest BCUT2D eigenvalue weighted by molar-refractivity contribution is 0.613. The minimum atomic E-state index is -0.287. The number of benzene rings is 2. The molecule has 0 heterocycles. The molecule has 2 aromatic carbocycles. The van der Waals surface area contributed by atoms with Crippen LogP contribution in [0, 0.1) is 5.82 Å². The van der Waals surface area contributed by atoms with Gasteiger partial charge in [0.25, 0.3) is 0 Å². The molecule has 0 bridgehead atoms. The summed E-state index contributed by atoms with van der Waals surface area (Å²) in [6.07, 6.45) is 1.11. The number of halogens is 3. The maximum absolute atomic E-state index is 13.9. The molecule has 106 valence electrons. The van der Waals surface area contributed by atoms with Crippen LogP contribution in [0.15, 0.2) is 42.5 Å². The van der Waals surface area contributed by atoms with Crippen molar-refractivity contribution in [3.63, 3.8) is 0 Å².